The van der Waals surface area contributed by atoms with E-state index in [-0.39, 0.29) is 23.8 Å². The number of hydrogen-bond donors (Lipinski definition) is 2. The first-order valence-corrected chi connectivity index (χ1v) is 6.23. The molecule has 0 aliphatic carbocycles. The van der Waals surface area contributed by atoms with Gasteiger partial charge in [0.15, 0.2) is 0 Å². The van der Waals surface area contributed by atoms with Crippen LogP contribution in [0.5, 0.6) is 0 Å². The Bertz CT molecular complexity index is 291. The number of nitrogens with one attached hydrogen (secondary N) is 1. The molecule has 98 valence electrons. The largest absolute Gasteiger partial charge is 0.352 e. The Morgan fingerprint density at radius 3 is 2.59 bits per heavy atom. The quantitative estimate of drug-likeness (QED) is 0.735. The summed E-state index contributed by atoms with van der Waals surface area (Å²) in [7, 11) is 0. The average molecular weight is 241 g/mol. The van der Waals surface area contributed by atoms with Crippen molar-refractivity contribution in [3.63, 3.8) is 0 Å². The first-order valence-electron chi connectivity index (χ1n) is 6.23. The number of likely N-dealkylation sites (tertiary alicyclic amines) is 1. The van der Waals surface area contributed by atoms with Gasteiger partial charge >= 0.3 is 0 Å². The highest BCUT2D eigenvalue weighted by Gasteiger charge is 2.28. The Morgan fingerprint density at radius 1 is 1.41 bits per heavy atom. The summed E-state index contributed by atoms with van der Waals surface area (Å²) in [4.78, 5) is 24.8. The minimum atomic E-state index is -0.439. The van der Waals surface area contributed by atoms with E-state index in [0.29, 0.717) is 6.54 Å². The van der Waals surface area contributed by atoms with Crippen LogP contribution in [0, 0.1) is 5.92 Å². The van der Waals surface area contributed by atoms with E-state index in [2.05, 4.69) is 5.32 Å². The van der Waals surface area contributed by atoms with E-state index in [0.717, 1.165) is 19.4 Å². The van der Waals surface area contributed by atoms with Crippen LogP contribution in [0.15, 0.2) is 0 Å². The highest BCUT2D eigenvalue weighted by molar-refractivity contribution is 5.82. The number of piperidine rings is 1. The summed E-state index contributed by atoms with van der Waals surface area (Å²) in [5, 5.41) is 2.86. The summed E-state index contributed by atoms with van der Waals surface area (Å²) in [5.41, 5.74) is 5.86. The van der Waals surface area contributed by atoms with Crippen LogP contribution in [-0.2, 0) is 9.59 Å². The summed E-state index contributed by atoms with van der Waals surface area (Å²) < 4.78 is 0. The molecule has 1 aliphatic rings. The maximum atomic E-state index is 12.1. The molecule has 0 aromatic heterocycles. The molecule has 0 aromatic carbocycles. The van der Waals surface area contributed by atoms with Crippen molar-refractivity contribution >= 4 is 11.8 Å². The van der Waals surface area contributed by atoms with Crippen LogP contribution in [0.3, 0.4) is 0 Å². The van der Waals surface area contributed by atoms with Crippen molar-refractivity contribution in [3.8, 4) is 0 Å². The second-order valence-electron chi connectivity index (χ2n) is 5.09. The Morgan fingerprint density at radius 2 is 2.06 bits per heavy atom. The highest BCUT2D eigenvalue weighted by atomic mass is 16.2. The lowest BCUT2D eigenvalue weighted by molar-refractivity contribution is -0.135. The second kappa shape index (κ2) is 6.00. The van der Waals surface area contributed by atoms with Crippen LogP contribution >= 0.6 is 0 Å². The van der Waals surface area contributed by atoms with Gasteiger partial charge in [-0.25, -0.2) is 0 Å². The third kappa shape index (κ3) is 4.00. The lowest BCUT2D eigenvalue weighted by atomic mass is 10.0. The molecule has 1 rings (SSSR count). The molecular formula is C12H23N3O2. The number of hydrogen-bond acceptors (Lipinski definition) is 3. The summed E-state index contributed by atoms with van der Waals surface area (Å²) in [5.74, 6) is 0.0937. The molecule has 1 heterocycles. The molecule has 2 amide bonds. The molecule has 3 N–H and O–H groups in total. The van der Waals surface area contributed by atoms with Gasteiger partial charge in [-0.15, -0.1) is 0 Å². The van der Waals surface area contributed by atoms with E-state index in [4.69, 9.17) is 5.73 Å². The monoisotopic (exact) mass is 241 g/mol. The molecule has 17 heavy (non-hydrogen) atoms. The van der Waals surface area contributed by atoms with Crippen molar-refractivity contribution in [2.24, 2.45) is 11.7 Å². The lowest BCUT2D eigenvalue weighted by Gasteiger charge is -2.35. The predicted octanol–water partition coefficient (Wildman–Crippen LogP) is 0.0968. The number of carbonyl (C=O) groups excluding carboxylic acids is 2. The van der Waals surface area contributed by atoms with Gasteiger partial charge in [0.25, 0.3) is 0 Å². The zero-order valence-corrected chi connectivity index (χ0v) is 10.9. The maximum absolute atomic E-state index is 12.1. The first kappa shape index (κ1) is 14.0. The molecule has 0 radical (unpaired) electrons. The Labute approximate surface area is 103 Å². The van der Waals surface area contributed by atoms with Crippen molar-refractivity contribution in [3.05, 3.63) is 0 Å². The molecular weight excluding hydrogens is 218 g/mol. The van der Waals surface area contributed by atoms with Crippen LogP contribution in [0.25, 0.3) is 0 Å². The maximum Gasteiger partial charge on any atom is 0.239 e. The van der Waals surface area contributed by atoms with E-state index < -0.39 is 6.04 Å². The minimum absolute atomic E-state index is 0.00458. The molecule has 1 fully saturated rings. The highest BCUT2D eigenvalue weighted by Crippen LogP contribution is 2.13. The Hall–Kier alpha value is -1.10. The van der Waals surface area contributed by atoms with Gasteiger partial charge in [0.05, 0.1) is 6.04 Å². The van der Waals surface area contributed by atoms with Gasteiger partial charge in [-0.1, -0.05) is 13.8 Å². The van der Waals surface area contributed by atoms with Gasteiger partial charge in [0.1, 0.15) is 0 Å². The minimum Gasteiger partial charge on any atom is -0.352 e. The normalized spacial score (nSPS) is 22.4. The summed E-state index contributed by atoms with van der Waals surface area (Å²) in [6.45, 7) is 6.71. The van der Waals surface area contributed by atoms with Crippen molar-refractivity contribution < 1.29 is 9.59 Å². The van der Waals surface area contributed by atoms with Crippen LogP contribution in [0.4, 0.5) is 0 Å². The van der Waals surface area contributed by atoms with Crippen LogP contribution in [-0.4, -0.2) is 41.9 Å². The third-order valence-corrected chi connectivity index (χ3v) is 3.14. The molecule has 0 spiro atoms. The van der Waals surface area contributed by atoms with E-state index in [1.165, 1.54) is 6.92 Å². The number of nitrogens with zero attached hydrogens (tertiary/aromatic N) is 1. The second-order valence-corrected chi connectivity index (χ2v) is 5.09. The first-order chi connectivity index (χ1) is 7.91. The fourth-order valence-corrected chi connectivity index (χ4v) is 2.08. The summed E-state index contributed by atoms with van der Waals surface area (Å²) in [6.07, 6.45) is 1.85. The molecule has 0 bridgehead atoms. The van der Waals surface area contributed by atoms with Crippen molar-refractivity contribution in [2.75, 3.05) is 13.1 Å². The Kier molecular flexibility index (Phi) is 4.93. The van der Waals surface area contributed by atoms with Gasteiger partial charge < -0.3 is 16.0 Å². The fraction of sp³-hybridized carbons (Fsp3) is 0.833. The van der Waals surface area contributed by atoms with Crippen LogP contribution in [0.2, 0.25) is 0 Å². The fourth-order valence-electron chi connectivity index (χ4n) is 2.08. The Balaban J connectivity index is 2.54. The molecule has 1 aliphatic heterocycles. The van der Waals surface area contributed by atoms with Crippen LogP contribution < -0.4 is 11.1 Å². The number of nitrogens with two attached hydrogens (primary N) is 1. The number of rotatable bonds is 3. The lowest BCUT2D eigenvalue weighted by Crippen LogP contribution is -2.54. The van der Waals surface area contributed by atoms with Crippen molar-refractivity contribution in [1.82, 2.24) is 10.2 Å². The van der Waals surface area contributed by atoms with Crippen molar-refractivity contribution in [1.29, 1.82) is 0 Å². The molecule has 2 atom stereocenters. The predicted molar refractivity (Wildman–Crippen MR) is 66.2 cm³/mol. The van der Waals surface area contributed by atoms with E-state index in [1.807, 2.05) is 13.8 Å². The van der Waals surface area contributed by atoms with E-state index >= 15 is 0 Å². The van der Waals surface area contributed by atoms with Crippen molar-refractivity contribution in [2.45, 2.75) is 45.7 Å². The molecule has 0 saturated carbocycles. The molecule has 0 unspecified atom stereocenters. The number of carbonyl (C=O) groups is 2. The smallest absolute Gasteiger partial charge is 0.239 e. The average Bonchev–Trinajstić information content (AvgIpc) is 2.26. The summed E-state index contributed by atoms with van der Waals surface area (Å²) >= 11 is 0. The molecule has 5 nitrogen and oxygen atoms in total. The molecule has 0 aromatic rings. The van der Waals surface area contributed by atoms with Crippen LogP contribution in [0.1, 0.15) is 33.6 Å². The number of amides is 2. The topological polar surface area (TPSA) is 75.4 Å². The zero-order valence-electron chi connectivity index (χ0n) is 10.9. The zero-order chi connectivity index (χ0) is 13.0. The summed E-state index contributed by atoms with van der Waals surface area (Å²) in [6, 6.07) is -0.365. The SMILES string of the molecule is CC(=O)N[C@H]1CCCN(C(=O)[C@@H](N)C(C)C)C1. The van der Waals surface area contributed by atoms with Gasteiger partial charge in [-0.05, 0) is 18.8 Å². The third-order valence-electron chi connectivity index (χ3n) is 3.14. The van der Waals surface area contributed by atoms with Gasteiger partial charge in [-0.2, -0.15) is 0 Å². The van der Waals surface area contributed by atoms with E-state index in [9.17, 15) is 9.59 Å². The van der Waals surface area contributed by atoms with Gasteiger partial charge in [0, 0.05) is 26.1 Å². The van der Waals surface area contributed by atoms with Gasteiger partial charge in [-0.3, -0.25) is 9.59 Å². The standard InChI is InChI=1S/C12H23N3O2/c1-8(2)11(13)12(17)15-6-4-5-10(7-15)14-9(3)16/h8,10-11H,4-7,13H2,1-3H3,(H,14,16)/t10-,11-/m0/s1. The van der Waals surface area contributed by atoms with E-state index in [1.54, 1.807) is 4.90 Å². The van der Waals surface area contributed by atoms with Gasteiger partial charge in [0.2, 0.25) is 11.8 Å². The molecule has 5 heteroatoms. The molecule has 1 saturated heterocycles.